The van der Waals surface area contributed by atoms with E-state index in [2.05, 4.69) is 72.9 Å². The highest BCUT2D eigenvalue weighted by Gasteiger charge is 2.66. The molecule has 20 rings (SSSR count). The summed E-state index contributed by atoms with van der Waals surface area (Å²) in [7, 11) is -4.31. The van der Waals surface area contributed by atoms with Crippen LogP contribution in [0.25, 0.3) is 0 Å². The van der Waals surface area contributed by atoms with E-state index in [9.17, 15) is 52.4 Å². The van der Waals surface area contributed by atoms with E-state index in [1.54, 1.807) is 12.5 Å². The predicted octanol–water partition coefficient (Wildman–Crippen LogP) is 15.6. The lowest BCUT2D eigenvalue weighted by Gasteiger charge is -2.57. The zero-order valence-corrected chi connectivity index (χ0v) is 83.7. The molecule has 2 unspecified atom stereocenters. The summed E-state index contributed by atoms with van der Waals surface area (Å²) in [6.45, 7) is 32.5. The lowest BCUT2D eigenvalue weighted by atomic mass is 9.48. The molecule has 4 saturated heterocycles. The molecule has 4 N–H and O–H groups in total. The molecule has 36 atom stereocenters. The van der Waals surface area contributed by atoms with E-state index in [4.69, 9.17) is 9.47 Å². The van der Waals surface area contributed by atoms with Gasteiger partial charge in [0, 0.05) is 134 Å². The second kappa shape index (κ2) is 38.9. The van der Waals surface area contributed by atoms with Crippen LogP contribution in [0.5, 0.6) is 0 Å². The number of carbonyl (C=O) groups is 4. The van der Waals surface area contributed by atoms with Gasteiger partial charge in [-0.1, -0.05) is 34.6 Å². The van der Waals surface area contributed by atoms with Gasteiger partial charge >= 0.3 is 0 Å². The van der Waals surface area contributed by atoms with Crippen molar-refractivity contribution in [1.29, 1.82) is 0 Å². The number of Topliss-reactive ketones (excluding diaryl/α,β-unsaturated/α-hetero) is 4. The molecule has 0 spiro atoms. The largest absolute Gasteiger partial charge is 0.390 e. The molecule has 4 aliphatic heterocycles. The number of aliphatic hydroxyl groups is 4. The van der Waals surface area contributed by atoms with E-state index in [1.807, 2.05) is 22.5 Å². The number of alkyl halides is 2. The second-order valence-electron chi connectivity index (χ2n) is 50.4. The number of rotatable bonds is 18. The Kier molecular flexibility index (Phi) is 29.8. The second-order valence-corrected chi connectivity index (χ2v) is 55.3. The normalized spacial score (nSPS) is 49.0. The zero-order chi connectivity index (χ0) is 91.5. The Morgan fingerprint density at radius 2 is 0.729 bits per heavy atom. The first-order valence-corrected chi connectivity index (χ1v) is 57.7. The Balaban J connectivity index is 0.000000121. The number of ether oxygens (including phenoxy) is 2. The Labute approximate surface area is 779 Å². The van der Waals surface area contributed by atoms with Crippen molar-refractivity contribution >= 4 is 54.3 Å². The standard InChI is InChI=1S/C29H50N2O4S.C27H45FN2O3S.C26H43NO2.C25H40FNO3/c1-5-35-20-29(33)13-11-22-21(18-29)6-7-24-23(22)10-12-28(2)25(24)8-9-26(28)27(32)19-30-14-16-31(17-15-30)36(3,4)34;1-26-10-8-21-20-9-11-27(32,18-28)16-19(20)4-5-22(21)23(26)6-7-24(26)25(31)17-29-12-14-30(15-13-29)34(2,3)33;1-17-10-13-27(15-17)16-24(28)23-7-6-22-21-5-4-18-14-25(2,29)11-8-19(18)20(21)9-12-26(22,23)3;1-24(29)7-5-17-16-6-8-25(2)20(18(16)13-22(26)19(17)14-24)3-4-21(25)23(28)15-27-9-11-30-12-10-27/h21-26,33H,3,5-20H2,1-2,4H3;19-24,32H,2,4-18H2,1,3H3;17-23,29H,4-16H2,1-3H3;16-22,29H,3-15H2,1-2H3/t21-,22-,23+,24+,25-,26+,28-,29+,36?;19-,20+,21-,22-,23+,24-,26+,27-,34?;17-,18-,19+,20-,21-,22+,23-,25-,26+;16-,17-,18-,19+,20+,21-,22-,24-,25+/m0111/s1. The molecule has 734 valence electrons. The Hall–Kier alpha value is -1.90. The summed E-state index contributed by atoms with van der Waals surface area (Å²) in [4.78, 5) is 63.1. The van der Waals surface area contributed by atoms with E-state index >= 15 is 4.39 Å². The van der Waals surface area contributed by atoms with Gasteiger partial charge in [-0.15, -0.1) is 0 Å². The number of hydrogen-bond acceptors (Lipinski definition) is 16. The fraction of sp³-hybridized carbons (Fsp3) is 0.944. The summed E-state index contributed by atoms with van der Waals surface area (Å²) in [5.41, 5.74) is -2.22. The molecule has 18 nitrogen and oxygen atoms in total. The number of ketones is 4. The number of likely N-dealkylation sites (tertiary alicyclic amines) is 1. The third kappa shape index (κ3) is 20.2. The van der Waals surface area contributed by atoms with Crippen molar-refractivity contribution in [1.82, 2.24) is 28.2 Å². The SMILES string of the molecule is C=S(C)(=O)N1CCN(CC(=O)[C@H]2CC[C@H]3[C@@H]4CC[C@@H]5C[C@@](O)(CF)CC[C@@H]5[C@H]4CC[C@]23C)CC1.C=S(C)(=O)N1CCN(CC(=O)[C@H]2CC[C@H]3[C@@H]4CC[C@H]5C[C@@](O)(COCC)CC[C@@H]5[C@H]4CC[C@]23C)CC1.C[C@@H]1CCN(CC(=O)[C@H]2CC[C@H]3[C@@H]4CC[C@@H]5C[C@](C)(O)CC[C@@H]5[C@H]4CC[C@]23C)C1.C[C@@]1(O)CC[C@@H]2[C@H]3CC[C@]4(C)[C@@H](C(=O)CN5CCOCC5)CC[C@H]4[C@@H]3C[C@@H](F)[C@H]2C1. The lowest BCUT2D eigenvalue weighted by molar-refractivity contribution is -0.140. The molecule has 0 aromatic heterocycles. The molecule has 129 heavy (non-hydrogen) atoms. The van der Waals surface area contributed by atoms with Gasteiger partial charge in [0.25, 0.3) is 0 Å². The molecule has 20 aliphatic rings. The third-order valence-electron chi connectivity index (χ3n) is 43.0. The lowest BCUT2D eigenvalue weighted by Crippen LogP contribution is -2.54. The number of morpholine rings is 1. The number of halogens is 2. The molecule has 0 amide bonds. The molecule has 4 heterocycles. The van der Waals surface area contributed by atoms with E-state index < -0.39 is 54.7 Å². The molecular weight excluding hydrogens is 1660 g/mol. The highest BCUT2D eigenvalue weighted by molar-refractivity contribution is 7.97. The first kappa shape index (κ1) is 98.7. The van der Waals surface area contributed by atoms with Crippen molar-refractivity contribution in [3.63, 3.8) is 0 Å². The number of hydrogen-bond donors (Lipinski definition) is 4. The first-order valence-electron chi connectivity index (χ1n) is 53.5. The topological polar surface area (TPSA) is 221 Å². The van der Waals surface area contributed by atoms with Crippen LogP contribution >= 0.6 is 0 Å². The maximum Gasteiger partial charge on any atom is 0.150 e. The molecule has 22 heteroatoms. The van der Waals surface area contributed by atoms with Gasteiger partial charge in [-0.3, -0.25) is 47.2 Å². The van der Waals surface area contributed by atoms with E-state index in [0.717, 1.165) is 254 Å². The van der Waals surface area contributed by atoms with Crippen molar-refractivity contribution in [2.24, 2.45) is 170 Å². The monoisotopic (exact) mass is 1840 g/mol. The highest BCUT2D eigenvalue weighted by atomic mass is 32.2. The Morgan fingerprint density at radius 3 is 1.12 bits per heavy atom. The van der Waals surface area contributed by atoms with Crippen molar-refractivity contribution in [2.75, 3.05) is 150 Å². The minimum Gasteiger partial charge on any atom is -0.390 e. The van der Waals surface area contributed by atoms with Gasteiger partial charge in [0.2, 0.25) is 0 Å². The van der Waals surface area contributed by atoms with Crippen LogP contribution in [0.1, 0.15) is 287 Å². The average molecular weight is 1840 g/mol. The fourth-order valence-corrected chi connectivity index (χ4v) is 38.3. The van der Waals surface area contributed by atoms with E-state index in [1.165, 1.54) is 96.3 Å². The van der Waals surface area contributed by atoms with Gasteiger partial charge in [0.15, 0.2) is 0 Å². The fourth-order valence-electron chi connectivity index (χ4n) is 36.5. The Morgan fingerprint density at radius 1 is 0.388 bits per heavy atom. The van der Waals surface area contributed by atoms with E-state index in [0.29, 0.717) is 159 Å². The van der Waals surface area contributed by atoms with Crippen LogP contribution in [0.3, 0.4) is 0 Å². The van der Waals surface area contributed by atoms with Crippen LogP contribution in [-0.2, 0) is 48.1 Å². The maximum atomic E-state index is 15.4. The average Bonchev–Trinajstić information content (AvgIpc) is 1.63. The molecule has 0 bridgehead atoms. The number of nitrogens with zero attached hydrogens (tertiary/aromatic N) is 6. The maximum absolute atomic E-state index is 15.4. The molecule has 20 fully saturated rings. The summed E-state index contributed by atoms with van der Waals surface area (Å²) in [6.07, 6.45) is 41.6. The Bertz CT molecular complexity index is 4140. The van der Waals surface area contributed by atoms with Crippen LogP contribution in [0.15, 0.2) is 0 Å². The van der Waals surface area contributed by atoms with Crippen molar-refractivity contribution < 1.29 is 66.3 Å². The molecule has 0 aromatic carbocycles. The zero-order valence-electron chi connectivity index (χ0n) is 82.0. The molecule has 16 saturated carbocycles. The summed E-state index contributed by atoms with van der Waals surface area (Å²) in [5.74, 6) is 24.0. The van der Waals surface area contributed by atoms with E-state index in [-0.39, 0.29) is 45.3 Å². The van der Waals surface area contributed by atoms with Gasteiger partial charge in [-0.05, 0) is 416 Å². The van der Waals surface area contributed by atoms with Crippen LogP contribution < -0.4 is 0 Å². The van der Waals surface area contributed by atoms with Crippen LogP contribution in [0, 0.1) is 170 Å². The van der Waals surface area contributed by atoms with Gasteiger partial charge in [0.1, 0.15) is 36.0 Å². The summed E-state index contributed by atoms with van der Waals surface area (Å²) >= 11 is 0. The number of piperazine rings is 2. The smallest absolute Gasteiger partial charge is 0.150 e. The molecular formula is C107H178F2N6O12S2. The molecule has 16 aliphatic carbocycles. The summed E-state index contributed by atoms with van der Waals surface area (Å²) in [6, 6.07) is 0. The van der Waals surface area contributed by atoms with Crippen molar-refractivity contribution in [2.45, 2.75) is 315 Å². The van der Waals surface area contributed by atoms with Gasteiger partial charge in [0.05, 0.1) is 68.4 Å². The van der Waals surface area contributed by atoms with Crippen LogP contribution in [0.2, 0.25) is 0 Å². The third-order valence-corrected chi connectivity index (χ3v) is 45.9. The van der Waals surface area contributed by atoms with Gasteiger partial charge < -0.3 is 29.9 Å². The predicted molar refractivity (Wildman–Crippen MR) is 512 cm³/mol. The van der Waals surface area contributed by atoms with Crippen LogP contribution in [0.4, 0.5) is 8.78 Å². The minimum absolute atomic E-state index is 0.0412. The van der Waals surface area contributed by atoms with Gasteiger partial charge in [-0.2, -0.15) is 0 Å². The van der Waals surface area contributed by atoms with Crippen molar-refractivity contribution in [3.8, 4) is 0 Å². The van der Waals surface area contributed by atoms with Crippen LogP contribution in [-0.4, -0.2) is 271 Å². The highest BCUT2D eigenvalue weighted by Crippen LogP contribution is 2.70. The van der Waals surface area contributed by atoms with Gasteiger partial charge in [-0.25, -0.2) is 17.4 Å². The summed E-state index contributed by atoms with van der Waals surface area (Å²) < 4.78 is 68.3. The number of carbonyl (C=O) groups excluding carboxylic acids is 4. The minimum atomic E-state index is -2.16. The molecule has 0 aromatic rings. The first-order chi connectivity index (χ1) is 61.1. The van der Waals surface area contributed by atoms with Crippen molar-refractivity contribution in [3.05, 3.63) is 0 Å². The summed E-state index contributed by atoms with van der Waals surface area (Å²) in [5, 5.41) is 42.8. The quantitative estimate of drug-likeness (QED) is 0.0937. The number of fused-ring (bicyclic) bond motifs is 20. The molecule has 0 radical (unpaired) electrons.